The number of benzene rings is 2. The Morgan fingerprint density at radius 1 is 0.838 bits per heavy atom. The Hall–Kier alpha value is -4.30. The number of nitrogens with one attached hydrogen (secondary N) is 1. The molecule has 0 amide bonds. The van der Waals surface area contributed by atoms with Crippen LogP contribution in [0.3, 0.4) is 0 Å². The number of aryl methyl sites for hydroxylation is 2. The zero-order valence-corrected chi connectivity index (χ0v) is 20.8. The van der Waals surface area contributed by atoms with Gasteiger partial charge in [-0.15, -0.1) is 0 Å². The molecule has 0 aliphatic rings. The molecule has 0 bridgehead atoms. The summed E-state index contributed by atoms with van der Waals surface area (Å²) in [6.07, 6.45) is 3.35. The van der Waals surface area contributed by atoms with E-state index >= 15 is 0 Å². The normalized spacial score (nSPS) is 11.9. The molecule has 2 aromatic carbocycles. The van der Waals surface area contributed by atoms with Gasteiger partial charge in [-0.05, 0) is 54.8 Å². The molecule has 8 heteroatoms. The number of hydrogen-bond donors (Lipinski definition) is 2. The maximum atomic E-state index is 14.6. The van der Waals surface area contributed by atoms with E-state index in [9.17, 15) is 23.5 Å². The van der Waals surface area contributed by atoms with Gasteiger partial charge in [0.05, 0.1) is 5.60 Å². The third kappa shape index (κ3) is 4.29. The van der Waals surface area contributed by atoms with Crippen LogP contribution >= 0.6 is 0 Å². The van der Waals surface area contributed by atoms with Crippen molar-refractivity contribution in [3.05, 3.63) is 105 Å². The van der Waals surface area contributed by atoms with Gasteiger partial charge in [0.15, 0.2) is 0 Å². The van der Waals surface area contributed by atoms with Crippen molar-refractivity contribution < 1.29 is 13.9 Å². The topological polar surface area (TPSA) is 80.0 Å². The Morgan fingerprint density at radius 2 is 1.57 bits per heavy atom. The molecule has 0 spiro atoms. The maximum Gasteiger partial charge on any atom is 0.274 e. The molecule has 0 saturated heterocycles. The summed E-state index contributed by atoms with van der Waals surface area (Å²) in [6, 6.07) is 13.8. The van der Waals surface area contributed by atoms with Gasteiger partial charge in [-0.25, -0.2) is 8.78 Å². The summed E-state index contributed by atoms with van der Waals surface area (Å²) < 4.78 is 30.9. The van der Waals surface area contributed by atoms with Crippen molar-refractivity contribution in [1.82, 2.24) is 14.1 Å². The molecule has 6 nitrogen and oxygen atoms in total. The molecule has 0 aliphatic carbocycles. The Balaban J connectivity index is 1.82. The first kappa shape index (κ1) is 24.4. The number of pyridine rings is 2. The molecule has 0 aliphatic heterocycles. The average Bonchev–Trinajstić information content (AvgIpc) is 3.28. The molecule has 188 valence electrons. The number of aromatic nitrogens is 3. The second kappa shape index (κ2) is 8.67. The minimum Gasteiger partial charge on any atom is -0.386 e. The summed E-state index contributed by atoms with van der Waals surface area (Å²) in [5.41, 5.74) is 2.35. The smallest absolute Gasteiger partial charge is 0.274 e. The number of H-pyrrole nitrogens is 1. The van der Waals surface area contributed by atoms with E-state index in [-0.39, 0.29) is 22.2 Å². The van der Waals surface area contributed by atoms with E-state index in [1.54, 1.807) is 46.4 Å². The Kier molecular flexibility index (Phi) is 5.72. The van der Waals surface area contributed by atoms with E-state index in [2.05, 4.69) is 4.98 Å². The van der Waals surface area contributed by atoms with Crippen molar-refractivity contribution in [3.63, 3.8) is 0 Å². The van der Waals surface area contributed by atoms with Gasteiger partial charge in [-0.3, -0.25) is 9.59 Å². The quantitative estimate of drug-likeness (QED) is 0.361. The minimum atomic E-state index is -1.07. The Bertz CT molecular complexity index is 1810. The van der Waals surface area contributed by atoms with Gasteiger partial charge >= 0.3 is 0 Å². The highest BCUT2D eigenvalue weighted by Gasteiger charge is 2.21. The molecule has 0 unspecified atom stereocenters. The van der Waals surface area contributed by atoms with E-state index < -0.39 is 17.2 Å². The summed E-state index contributed by atoms with van der Waals surface area (Å²) >= 11 is 0. The van der Waals surface area contributed by atoms with Gasteiger partial charge in [0.2, 0.25) is 0 Å². The van der Waals surface area contributed by atoms with Crippen LogP contribution in [0.25, 0.3) is 44.4 Å². The van der Waals surface area contributed by atoms with Crippen molar-refractivity contribution >= 4 is 10.9 Å². The monoisotopic (exact) mass is 501 g/mol. The molecule has 5 aromatic rings. The SMILES string of the molecule is Cn1cc(-c2cccc(C(C)(C)O)c2)c(-c2cn(C)c(=O)c3[nH]c(-c4ccc(F)cc4F)cc23)cc1=O. The van der Waals surface area contributed by atoms with Crippen molar-refractivity contribution in [1.29, 1.82) is 0 Å². The number of aliphatic hydroxyl groups is 1. The summed E-state index contributed by atoms with van der Waals surface area (Å²) in [5.74, 6) is -1.46. The first-order chi connectivity index (χ1) is 17.4. The molecule has 37 heavy (non-hydrogen) atoms. The van der Waals surface area contributed by atoms with Crippen LogP contribution in [0.4, 0.5) is 8.78 Å². The van der Waals surface area contributed by atoms with Gasteiger partial charge in [-0.2, -0.15) is 0 Å². The Labute approximate surface area is 211 Å². The fraction of sp³-hybridized carbons (Fsp3) is 0.172. The van der Waals surface area contributed by atoms with Crippen LogP contribution in [0.5, 0.6) is 0 Å². The highest BCUT2D eigenvalue weighted by atomic mass is 19.1. The number of hydrogen-bond acceptors (Lipinski definition) is 3. The van der Waals surface area contributed by atoms with E-state index in [1.165, 1.54) is 21.3 Å². The second-order valence-corrected chi connectivity index (χ2v) is 9.74. The van der Waals surface area contributed by atoms with Crippen LogP contribution in [0.1, 0.15) is 19.4 Å². The van der Waals surface area contributed by atoms with Gasteiger partial charge in [0, 0.05) is 66.4 Å². The molecule has 3 heterocycles. The van der Waals surface area contributed by atoms with Crippen molar-refractivity contribution in [2.24, 2.45) is 14.1 Å². The summed E-state index contributed by atoms with van der Waals surface area (Å²) in [6.45, 7) is 3.39. The highest BCUT2D eigenvalue weighted by molar-refractivity contribution is 6.00. The summed E-state index contributed by atoms with van der Waals surface area (Å²) in [5, 5.41) is 11.0. The lowest BCUT2D eigenvalue weighted by atomic mass is 9.91. The lowest BCUT2D eigenvalue weighted by Crippen LogP contribution is -2.18. The zero-order valence-electron chi connectivity index (χ0n) is 20.8. The van der Waals surface area contributed by atoms with E-state index in [1.807, 2.05) is 24.3 Å². The Morgan fingerprint density at radius 3 is 2.27 bits per heavy atom. The third-order valence-corrected chi connectivity index (χ3v) is 6.58. The molecular formula is C29H25F2N3O3. The summed E-state index contributed by atoms with van der Waals surface area (Å²) in [4.78, 5) is 28.8. The van der Waals surface area contributed by atoms with Gasteiger partial charge in [-0.1, -0.05) is 18.2 Å². The highest BCUT2D eigenvalue weighted by Crippen LogP contribution is 2.37. The fourth-order valence-corrected chi connectivity index (χ4v) is 4.55. The molecule has 3 aromatic heterocycles. The maximum absolute atomic E-state index is 14.6. The molecule has 0 radical (unpaired) electrons. The molecule has 5 rings (SSSR count). The molecular weight excluding hydrogens is 476 g/mol. The largest absolute Gasteiger partial charge is 0.386 e. The summed E-state index contributed by atoms with van der Waals surface area (Å²) in [7, 11) is 3.25. The van der Waals surface area contributed by atoms with E-state index in [0.29, 0.717) is 33.3 Å². The number of nitrogens with zero attached hydrogens (tertiary/aromatic N) is 2. The first-order valence-electron chi connectivity index (χ1n) is 11.7. The second-order valence-electron chi connectivity index (χ2n) is 9.74. The zero-order chi connectivity index (χ0) is 26.6. The van der Waals surface area contributed by atoms with Crippen LogP contribution in [-0.4, -0.2) is 19.2 Å². The predicted molar refractivity (Wildman–Crippen MR) is 140 cm³/mol. The van der Waals surface area contributed by atoms with Gasteiger partial charge in [0.25, 0.3) is 11.1 Å². The lowest BCUT2D eigenvalue weighted by Gasteiger charge is -2.20. The van der Waals surface area contributed by atoms with E-state index in [4.69, 9.17) is 0 Å². The van der Waals surface area contributed by atoms with Crippen LogP contribution < -0.4 is 11.1 Å². The number of halogens is 2. The number of fused-ring (bicyclic) bond motifs is 1. The molecule has 0 fully saturated rings. The first-order valence-corrected chi connectivity index (χ1v) is 11.7. The van der Waals surface area contributed by atoms with Crippen molar-refractivity contribution in [2.45, 2.75) is 19.4 Å². The van der Waals surface area contributed by atoms with Crippen molar-refractivity contribution in [2.75, 3.05) is 0 Å². The van der Waals surface area contributed by atoms with Gasteiger partial charge in [0.1, 0.15) is 17.2 Å². The van der Waals surface area contributed by atoms with Crippen LogP contribution in [0.2, 0.25) is 0 Å². The van der Waals surface area contributed by atoms with E-state index in [0.717, 1.165) is 17.7 Å². The van der Waals surface area contributed by atoms with Crippen LogP contribution in [0.15, 0.2) is 76.6 Å². The van der Waals surface area contributed by atoms with Crippen LogP contribution in [-0.2, 0) is 19.7 Å². The minimum absolute atomic E-state index is 0.118. The third-order valence-electron chi connectivity index (χ3n) is 6.58. The standard InChI is InChI=1S/C29H25F2N3O3/c1-29(2,37)17-7-5-6-16(10-17)22-14-33(3)26(35)13-20(22)23-15-34(4)28(36)27-21(23)12-25(32-27)19-9-8-18(30)11-24(19)31/h5-15,32,37H,1-4H3. The molecule has 0 saturated carbocycles. The van der Waals surface area contributed by atoms with Crippen molar-refractivity contribution in [3.8, 4) is 33.5 Å². The lowest BCUT2D eigenvalue weighted by molar-refractivity contribution is 0.0786. The number of aromatic amines is 1. The molecule has 2 N–H and O–H groups in total. The fourth-order valence-electron chi connectivity index (χ4n) is 4.55. The average molecular weight is 502 g/mol. The number of rotatable bonds is 4. The predicted octanol–water partition coefficient (Wildman–Crippen LogP) is 5.07. The molecule has 0 atom stereocenters. The van der Waals surface area contributed by atoms with Crippen LogP contribution in [0, 0.1) is 11.6 Å². The van der Waals surface area contributed by atoms with Gasteiger partial charge < -0.3 is 19.2 Å².